The SMILES string of the molecule is Cc1c(Cl)nnc(SC(C)CO)c1C. The molecule has 5 heteroatoms. The minimum absolute atomic E-state index is 0.128. The zero-order valence-electron chi connectivity index (χ0n) is 8.41. The van der Waals surface area contributed by atoms with Crippen LogP contribution in [0.1, 0.15) is 18.1 Å². The number of hydrogen-bond acceptors (Lipinski definition) is 4. The van der Waals surface area contributed by atoms with E-state index in [9.17, 15) is 0 Å². The predicted molar refractivity (Wildman–Crippen MR) is 58.9 cm³/mol. The van der Waals surface area contributed by atoms with Crippen molar-refractivity contribution in [2.75, 3.05) is 6.61 Å². The Labute approximate surface area is 92.9 Å². The number of thioether (sulfide) groups is 1. The highest BCUT2D eigenvalue weighted by Gasteiger charge is 2.11. The van der Waals surface area contributed by atoms with Crippen LogP contribution in [-0.4, -0.2) is 27.2 Å². The van der Waals surface area contributed by atoms with Crippen molar-refractivity contribution in [1.82, 2.24) is 10.2 Å². The summed E-state index contributed by atoms with van der Waals surface area (Å²) in [4.78, 5) is 0. The largest absolute Gasteiger partial charge is 0.395 e. The molecule has 1 rings (SSSR count). The van der Waals surface area contributed by atoms with Crippen LogP contribution >= 0.6 is 23.4 Å². The van der Waals surface area contributed by atoms with E-state index in [-0.39, 0.29) is 11.9 Å². The van der Waals surface area contributed by atoms with E-state index in [0.717, 1.165) is 16.2 Å². The molecule has 1 aromatic rings. The van der Waals surface area contributed by atoms with Crippen LogP contribution in [0.3, 0.4) is 0 Å². The molecule has 1 unspecified atom stereocenters. The first-order chi connectivity index (χ1) is 6.56. The van der Waals surface area contributed by atoms with Gasteiger partial charge in [-0.3, -0.25) is 0 Å². The summed E-state index contributed by atoms with van der Waals surface area (Å²) >= 11 is 7.33. The molecule has 1 atom stereocenters. The van der Waals surface area contributed by atoms with Gasteiger partial charge in [-0.15, -0.1) is 10.2 Å². The van der Waals surface area contributed by atoms with Gasteiger partial charge < -0.3 is 5.11 Å². The highest BCUT2D eigenvalue weighted by molar-refractivity contribution is 7.99. The fraction of sp³-hybridized carbons (Fsp3) is 0.556. The summed E-state index contributed by atoms with van der Waals surface area (Å²) in [6.07, 6.45) is 0. The molecule has 3 nitrogen and oxygen atoms in total. The van der Waals surface area contributed by atoms with E-state index >= 15 is 0 Å². The third-order valence-electron chi connectivity index (χ3n) is 1.99. The third kappa shape index (κ3) is 2.59. The summed E-state index contributed by atoms with van der Waals surface area (Å²) in [7, 11) is 0. The fourth-order valence-corrected chi connectivity index (χ4v) is 1.95. The van der Waals surface area contributed by atoms with Crippen molar-refractivity contribution in [3.05, 3.63) is 16.3 Å². The van der Waals surface area contributed by atoms with Crippen LogP contribution in [-0.2, 0) is 0 Å². The van der Waals surface area contributed by atoms with E-state index in [1.165, 1.54) is 11.8 Å². The van der Waals surface area contributed by atoms with Crippen LogP contribution in [0.25, 0.3) is 0 Å². The first kappa shape index (κ1) is 11.8. The van der Waals surface area contributed by atoms with Crippen LogP contribution in [0.15, 0.2) is 5.03 Å². The Kier molecular flexibility index (Phi) is 4.16. The molecule has 1 heterocycles. The van der Waals surface area contributed by atoms with Gasteiger partial charge in [0.1, 0.15) is 5.03 Å². The lowest BCUT2D eigenvalue weighted by atomic mass is 10.2. The first-order valence-electron chi connectivity index (χ1n) is 4.33. The maximum absolute atomic E-state index is 8.92. The summed E-state index contributed by atoms with van der Waals surface area (Å²) < 4.78 is 0. The van der Waals surface area contributed by atoms with Crippen LogP contribution in [0, 0.1) is 13.8 Å². The van der Waals surface area contributed by atoms with E-state index in [4.69, 9.17) is 16.7 Å². The minimum atomic E-state index is 0.128. The second-order valence-corrected chi connectivity index (χ2v) is 4.94. The number of hydrogen-bond donors (Lipinski definition) is 1. The molecule has 14 heavy (non-hydrogen) atoms. The van der Waals surface area contributed by atoms with Gasteiger partial charge in [0.05, 0.1) is 6.61 Å². The molecule has 0 aromatic carbocycles. The topological polar surface area (TPSA) is 46.0 Å². The van der Waals surface area contributed by atoms with Gasteiger partial charge in [-0.05, 0) is 25.0 Å². The van der Waals surface area contributed by atoms with Gasteiger partial charge in [-0.1, -0.05) is 30.3 Å². The van der Waals surface area contributed by atoms with Crippen molar-refractivity contribution in [1.29, 1.82) is 0 Å². The molecular weight excluding hydrogens is 220 g/mol. The maximum Gasteiger partial charge on any atom is 0.154 e. The number of nitrogens with zero attached hydrogens (tertiary/aromatic N) is 2. The smallest absolute Gasteiger partial charge is 0.154 e. The molecule has 0 aliphatic rings. The highest BCUT2D eigenvalue weighted by atomic mass is 35.5. The number of rotatable bonds is 3. The molecule has 0 bridgehead atoms. The van der Waals surface area contributed by atoms with Crippen molar-refractivity contribution < 1.29 is 5.11 Å². The molecular formula is C9H13ClN2OS. The Balaban J connectivity index is 2.94. The van der Waals surface area contributed by atoms with E-state index < -0.39 is 0 Å². The zero-order chi connectivity index (χ0) is 10.7. The quantitative estimate of drug-likeness (QED) is 0.812. The summed E-state index contributed by atoms with van der Waals surface area (Å²) in [5.41, 5.74) is 1.99. The predicted octanol–water partition coefficient (Wildman–Crippen LogP) is 2.22. The molecule has 78 valence electrons. The molecule has 0 radical (unpaired) electrons. The Morgan fingerprint density at radius 3 is 2.57 bits per heavy atom. The molecule has 0 spiro atoms. The normalized spacial score (nSPS) is 12.9. The second kappa shape index (κ2) is 4.96. The van der Waals surface area contributed by atoms with E-state index in [0.29, 0.717) is 5.15 Å². The molecule has 0 saturated carbocycles. The molecule has 0 aliphatic heterocycles. The molecule has 0 amide bonds. The molecule has 0 aliphatic carbocycles. The Hall–Kier alpha value is -0.320. The average molecular weight is 233 g/mol. The van der Waals surface area contributed by atoms with Gasteiger partial charge in [0.25, 0.3) is 0 Å². The van der Waals surface area contributed by atoms with Gasteiger partial charge in [0, 0.05) is 5.25 Å². The number of halogens is 1. The van der Waals surface area contributed by atoms with Crippen molar-refractivity contribution in [2.45, 2.75) is 31.0 Å². The van der Waals surface area contributed by atoms with Gasteiger partial charge in [-0.2, -0.15) is 0 Å². The Morgan fingerprint density at radius 1 is 1.36 bits per heavy atom. The van der Waals surface area contributed by atoms with Crippen LogP contribution < -0.4 is 0 Å². The van der Waals surface area contributed by atoms with Gasteiger partial charge in [-0.25, -0.2) is 0 Å². The minimum Gasteiger partial charge on any atom is -0.395 e. The van der Waals surface area contributed by atoms with Gasteiger partial charge >= 0.3 is 0 Å². The number of aliphatic hydroxyl groups excluding tert-OH is 1. The van der Waals surface area contributed by atoms with Crippen molar-refractivity contribution in [2.24, 2.45) is 0 Å². The number of aromatic nitrogens is 2. The second-order valence-electron chi connectivity index (χ2n) is 3.16. The van der Waals surface area contributed by atoms with Gasteiger partial charge in [0.2, 0.25) is 0 Å². The first-order valence-corrected chi connectivity index (χ1v) is 5.59. The Bertz CT molecular complexity index is 333. The van der Waals surface area contributed by atoms with Crippen molar-refractivity contribution in [3.8, 4) is 0 Å². The zero-order valence-corrected chi connectivity index (χ0v) is 9.98. The summed E-state index contributed by atoms with van der Waals surface area (Å²) in [5.74, 6) is 0. The van der Waals surface area contributed by atoms with Crippen molar-refractivity contribution in [3.63, 3.8) is 0 Å². The fourth-order valence-electron chi connectivity index (χ4n) is 0.894. The maximum atomic E-state index is 8.92. The lowest BCUT2D eigenvalue weighted by Crippen LogP contribution is -2.04. The molecule has 0 fully saturated rings. The van der Waals surface area contributed by atoms with E-state index in [1.807, 2.05) is 20.8 Å². The van der Waals surface area contributed by atoms with Crippen LogP contribution in [0.2, 0.25) is 5.15 Å². The molecule has 1 aromatic heterocycles. The van der Waals surface area contributed by atoms with Crippen LogP contribution in [0.4, 0.5) is 0 Å². The lowest BCUT2D eigenvalue weighted by Gasteiger charge is -2.10. The summed E-state index contributed by atoms with van der Waals surface area (Å²) in [6, 6.07) is 0. The van der Waals surface area contributed by atoms with Crippen LogP contribution in [0.5, 0.6) is 0 Å². The third-order valence-corrected chi connectivity index (χ3v) is 3.51. The summed E-state index contributed by atoms with van der Waals surface area (Å²) in [6.45, 7) is 5.95. The summed E-state index contributed by atoms with van der Waals surface area (Å²) in [5, 5.41) is 18.2. The van der Waals surface area contributed by atoms with E-state index in [1.54, 1.807) is 0 Å². The lowest BCUT2D eigenvalue weighted by molar-refractivity contribution is 0.300. The Morgan fingerprint density at radius 2 is 2.00 bits per heavy atom. The average Bonchev–Trinajstić information content (AvgIpc) is 2.19. The standard InChI is InChI=1S/C9H13ClN2OS/c1-5(4-13)14-9-7(3)6(2)8(10)11-12-9/h5,13H,4H2,1-3H3. The van der Waals surface area contributed by atoms with Crippen molar-refractivity contribution >= 4 is 23.4 Å². The van der Waals surface area contributed by atoms with E-state index in [2.05, 4.69) is 10.2 Å². The molecule has 0 saturated heterocycles. The monoisotopic (exact) mass is 232 g/mol. The number of aliphatic hydroxyl groups is 1. The highest BCUT2D eigenvalue weighted by Crippen LogP contribution is 2.27. The van der Waals surface area contributed by atoms with Gasteiger partial charge in [0.15, 0.2) is 5.15 Å². The molecule has 1 N–H and O–H groups in total.